The van der Waals surface area contributed by atoms with Crippen molar-refractivity contribution >= 4 is 37.4 Å². The standard InChI is InChI=1S/C22H21BrN2O5S/c1-14-12-15(2)25(13-20(26)24-18-6-4-5-7-19(18)30-3)22(27)21(14)31(28,29)17-10-8-16(23)9-11-17/h4-12H,13H2,1-3H3,(H,24,26). The highest BCUT2D eigenvalue weighted by molar-refractivity contribution is 9.10. The Bertz CT molecular complexity index is 1300. The molecule has 0 unspecified atom stereocenters. The van der Waals surface area contributed by atoms with Gasteiger partial charge in [-0.05, 0) is 61.9 Å². The van der Waals surface area contributed by atoms with Gasteiger partial charge < -0.3 is 14.6 Å². The van der Waals surface area contributed by atoms with Crippen LogP contribution >= 0.6 is 15.9 Å². The van der Waals surface area contributed by atoms with Crippen LogP contribution in [0.15, 0.2) is 73.7 Å². The van der Waals surface area contributed by atoms with Gasteiger partial charge >= 0.3 is 0 Å². The van der Waals surface area contributed by atoms with E-state index in [9.17, 15) is 18.0 Å². The van der Waals surface area contributed by atoms with Crippen molar-refractivity contribution in [1.29, 1.82) is 0 Å². The molecule has 1 N–H and O–H groups in total. The van der Waals surface area contributed by atoms with Crippen LogP contribution in [0.5, 0.6) is 5.75 Å². The fourth-order valence-corrected chi connectivity index (χ4v) is 5.06. The van der Waals surface area contributed by atoms with E-state index in [2.05, 4.69) is 21.2 Å². The van der Waals surface area contributed by atoms with E-state index in [1.165, 1.54) is 19.2 Å². The summed E-state index contributed by atoms with van der Waals surface area (Å²) in [5.41, 5.74) is 0.519. The van der Waals surface area contributed by atoms with Crippen molar-refractivity contribution in [2.45, 2.75) is 30.2 Å². The number of carbonyl (C=O) groups is 1. The third-order valence-electron chi connectivity index (χ3n) is 4.72. The van der Waals surface area contributed by atoms with Crippen LogP contribution in [0.3, 0.4) is 0 Å². The van der Waals surface area contributed by atoms with Gasteiger partial charge in [-0.3, -0.25) is 9.59 Å². The van der Waals surface area contributed by atoms with E-state index < -0.39 is 21.3 Å². The number of amides is 1. The number of nitrogens with one attached hydrogen (secondary N) is 1. The molecular formula is C22H21BrN2O5S. The third-order valence-corrected chi connectivity index (χ3v) is 7.18. The van der Waals surface area contributed by atoms with E-state index in [0.29, 0.717) is 22.7 Å². The molecule has 0 bridgehead atoms. The number of hydrogen-bond donors (Lipinski definition) is 1. The van der Waals surface area contributed by atoms with Crippen molar-refractivity contribution in [2.75, 3.05) is 12.4 Å². The van der Waals surface area contributed by atoms with Gasteiger partial charge in [-0.1, -0.05) is 28.1 Å². The zero-order chi connectivity index (χ0) is 22.8. The summed E-state index contributed by atoms with van der Waals surface area (Å²) in [5.74, 6) is -0.00660. The van der Waals surface area contributed by atoms with Gasteiger partial charge in [0.25, 0.3) is 5.56 Å². The molecule has 7 nitrogen and oxygen atoms in total. The summed E-state index contributed by atoms with van der Waals surface area (Å²) in [6.07, 6.45) is 0. The van der Waals surface area contributed by atoms with Gasteiger partial charge in [-0.15, -0.1) is 0 Å². The average Bonchev–Trinajstić information content (AvgIpc) is 2.71. The van der Waals surface area contributed by atoms with E-state index in [0.717, 1.165) is 9.04 Å². The van der Waals surface area contributed by atoms with Crippen molar-refractivity contribution in [2.24, 2.45) is 0 Å². The minimum atomic E-state index is -4.07. The summed E-state index contributed by atoms with van der Waals surface area (Å²) in [5, 5.41) is 2.70. The zero-order valence-electron chi connectivity index (χ0n) is 17.2. The third kappa shape index (κ3) is 4.72. The second-order valence-corrected chi connectivity index (χ2v) is 9.70. The highest BCUT2D eigenvalue weighted by Gasteiger charge is 2.26. The fraction of sp³-hybridized carbons (Fsp3) is 0.182. The maximum atomic E-state index is 13.2. The van der Waals surface area contributed by atoms with Gasteiger partial charge in [0.1, 0.15) is 17.2 Å². The molecule has 31 heavy (non-hydrogen) atoms. The monoisotopic (exact) mass is 504 g/mol. The number of aryl methyl sites for hydroxylation is 2. The number of methoxy groups -OCH3 is 1. The van der Waals surface area contributed by atoms with E-state index in [4.69, 9.17) is 4.74 Å². The van der Waals surface area contributed by atoms with Crippen molar-refractivity contribution in [3.63, 3.8) is 0 Å². The van der Waals surface area contributed by atoms with E-state index in [1.54, 1.807) is 56.3 Å². The lowest BCUT2D eigenvalue weighted by atomic mass is 10.2. The molecule has 0 atom stereocenters. The van der Waals surface area contributed by atoms with Crippen LogP contribution in [0.4, 0.5) is 5.69 Å². The average molecular weight is 505 g/mol. The summed E-state index contributed by atoms with van der Waals surface area (Å²) >= 11 is 3.27. The molecule has 1 amide bonds. The molecular weight excluding hydrogens is 484 g/mol. The Labute approximate surface area is 188 Å². The molecule has 0 spiro atoms. The molecule has 162 valence electrons. The molecule has 0 aliphatic carbocycles. The van der Waals surface area contributed by atoms with Gasteiger partial charge in [0.15, 0.2) is 0 Å². The highest BCUT2D eigenvalue weighted by atomic mass is 79.9. The summed E-state index contributed by atoms with van der Waals surface area (Å²) in [6, 6.07) is 14.5. The summed E-state index contributed by atoms with van der Waals surface area (Å²) in [7, 11) is -2.58. The van der Waals surface area contributed by atoms with Crippen LogP contribution in [0.25, 0.3) is 0 Å². The second kappa shape index (κ2) is 9.07. The van der Waals surface area contributed by atoms with E-state index >= 15 is 0 Å². The first-order chi connectivity index (χ1) is 14.6. The number of pyridine rings is 1. The Kier molecular flexibility index (Phi) is 6.66. The molecule has 0 fully saturated rings. The molecule has 0 saturated carbocycles. The Balaban J connectivity index is 2.00. The molecule has 0 aliphatic heterocycles. The van der Waals surface area contributed by atoms with Crippen molar-refractivity contribution in [3.05, 3.63) is 80.7 Å². The Hall–Kier alpha value is -2.91. The van der Waals surface area contributed by atoms with Gasteiger partial charge in [-0.2, -0.15) is 0 Å². The number of rotatable bonds is 6. The number of ether oxygens (including phenoxy) is 1. The van der Waals surface area contributed by atoms with Crippen LogP contribution < -0.4 is 15.6 Å². The molecule has 3 rings (SSSR count). The van der Waals surface area contributed by atoms with E-state index in [1.807, 2.05) is 0 Å². The lowest BCUT2D eigenvalue weighted by molar-refractivity contribution is -0.116. The first-order valence-electron chi connectivity index (χ1n) is 9.29. The molecule has 3 aromatic rings. The largest absolute Gasteiger partial charge is 0.495 e. The minimum absolute atomic E-state index is 0.00442. The van der Waals surface area contributed by atoms with Gasteiger partial charge in [0.05, 0.1) is 17.7 Å². The highest BCUT2D eigenvalue weighted by Crippen LogP contribution is 2.24. The number of anilines is 1. The molecule has 1 heterocycles. The number of para-hydroxylation sites is 2. The molecule has 1 aromatic heterocycles. The van der Waals surface area contributed by atoms with Crippen LogP contribution in [0.2, 0.25) is 0 Å². The molecule has 0 radical (unpaired) electrons. The number of carbonyl (C=O) groups excluding carboxylic acids is 1. The lowest BCUT2D eigenvalue weighted by Crippen LogP contribution is -2.33. The topological polar surface area (TPSA) is 94.5 Å². The summed E-state index contributed by atoms with van der Waals surface area (Å²) in [4.78, 5) is 25.5. The first-order valence-corrected chi connectivity index (χ1v) is 11.6. The van der Waals surface area contributed by atoms with Crippen LogP contribution in [-0.4, -0.2) is 26.0 Å². The summed E-state index contributed by atoms with van der Waals surface area (Å²) < 4.78 is 33.4. The number of benzene rings is 2. The van der Waals surface area contributed by atoms with Crippen LogP contribution in [0.1, 0.15) is 11.3 Å². The number of aromatic nitrogens is 1. The van der Waals surface area contributed by atoms with Gasteiger partial charge in [-0.25, -0.2) is 8.42 Å². The van der Waals surface area contributed by atoms with Crippen molar-refractivity contribution in [3.8, 4) is 5.75 Å². The SMILES string of the molecule is COc1ccccc1NC(=O)Cn1c(C)cc(C)c(S(=O)(=O)c2ccc(Br)cc2)c1=O. The van der Waals surface area contributed by atoms with Gasteiger partial charge in [0.2, 0.25) is 15.7 Å². The number of sulfone groups is 1. The molecule has 2 aromatic carbocycles. The predicted molar refractivity (Wildman–Crippen MR) is 121 cm³/mol. The summed E-state index contributed by atoms with van der Waals surface area (Å²) in [6.45, 7) is 2.88. The van der Waals surface area contributed by atoms with E-state index in [-0.39, 0.29) is 16.3 Å². The molecule has 0 saturated heterocycles. The van der Waals surface area contributed by atoms with Crippen LogP contribution in [-0.2, 0) is 21.2 Å². The molecule has 9 heteroatoms. The number of halogens is 1. The normalized spacial score (nSPS) is 11.2. The smallest absolute Gasteiger partial charge is 0.270 e. The maximum Gasteiger partial charge on any atom is 0.270 e. The molecule has 0 aliphatic rings. The Morgan fingerprint density at radius 3 is 2.39 bits per heavy atom. The number of nitrogens with zero attached hydrogens (tertiary/aromatic N) is 1. The first kappa shape index (κ1) is 22.8. The Morgan fingerprint density at radius 1 is 1.10 bits per heavy atom. The fourth-order valence-electron chi connectivity index (χ4n) is 3.24. The predicted octanol–water partition coefficient (Wildman–Crippen LogP) is 3.71. The van der Waals surface area contributed by atoms with Crippen molar-refractivity contribution in [1.82, 2.24) is 4.57 Å². The van der Waals surface area contributed by atoms with Crippen molar-refractivity contribution < 1.29 is 17.9 Å². The van der Waals surface area contributed by atoms with Gasteiger partial charge in [0, 0.05) is 10.2 Å². The lowest BCUT2D eigenvalue weighted by Gasteiger charge is -2.15. The second-order valence-electron chi connectivity index (χ2n) is 6.89. The maximum absolute atomic E-state index is 13.2. The zero-order valence-corrected chi connectivity index (χ0v) is 19.6. The number of hydrogen-bond acceptors (Lipinski definition) is 5. The quantitative estimate of drug-likeness (QED) is 0.552. The Morgan fingerprint density at radius 2 is 1.74 bits per heavy atom. The van der Waals surface area contributed by atoms with Crippen LogP contribution in [0, 0.1) is 13.8 Å². The minimum Gasteiger partial charge on any atom is -0.495 e.